The van der Waals surface area contributed by atoms with Crippen molar-refractivity contribution in [2.75, 3.05) is 0 Å². The van der Waals surface area contributed by atoms with Gasteiger partial charge >= 0.3 is 69.6 Å². The Bertz CT molecular complexity index is 102. The van der Waals surface area contributed by atoms with Gasteiger partial charge in [-0.25, -0.2) is 0 Å². The molecule has 0 nitrogen and oxygen atoms in total. The molecule has 0 aromatic heterocycles. The quantitative estimate of drug-likeness (QED) is 0.462. The number of hydrogen-bond donors (Lipinski definition) is 0. The fraction of sp³-hybridized carbons (Fsp3) is 1.00. The first-order valence-electron chi connectivity index (χ1n) is 3.70. The molecule has 0 radical (unpaired) electrons. The molecule has 0 bridgehead atoms. The van der Waals surface area contributed by atoms with Crippen LogP contribution in [0, 0.1) is 0 Å². The molecule has 0 aliphatic carbocycles. The Hall–Kier alpha value is 1.55. The van der Waals surface area contributed by atoms with Crippen molar-refractivity contribution in [2.45, 2.75) is 37.7 Å². The summed E-state index contributed by atoms with van der Waals surface area (Å²) in [6.07, 6.45) is 4.56. The molecule has 0 atom stereocenters. The molecule has 1 rings (SSSR count). The molecule has 1 aliphatic heterocycles. The predicted octanol–water partition coefficient (Wildman–Crippen LogP) is 3.76. The van der Waals surface area contributed by atoms with Gasteiger partial charge in [-0.15, -0.1) is 0 Å². The van der Waals surface area contributed by atoms with Gasteiger partial charge in [-0.2, -0.15) is 0 Å². The van der Waals surface area contributed by atoms with Crippen LogP contribution in [0.2, 0.25) is 18.5 Å². The van der Waals surface area contributed by atoms with Crippen molar-refractivity contribution in [3.05, 3.63) is 0 Å². The summed E-state index contributed by atoms with van der Waals surface area (Å²) in [5, 5.41) is 0. The molecule has 0 amide bonds. The van der Waals surface area contributed by atoms with Crippen molar-refractivity contribution in [3.8, 4) is 0 Å². The number of hydrogen-bond acceptors (Lipinski definition) is 0. The van der Waals surface area contributed by atoms with Crippen molar-refractivity contribution in [2.24, 2.45) is 0 Å². The molecule has 0 unspecified atom stereocenters. The van der Waals surface area contributed by atoms with Crippen LogP contribution in [0.15, 0.2) is 0 Å². The second kappa shape index (κ2) is 2.55. The Balaban J connectivity index is 2.58. The van der Waals surface area contributed by atoms with Gasteiger partial charge < -0.3 is 0 Å². The van der Waals surface area contributed by atoms with Crippen molar-refractivity contribution in [3.63, 3.8) is 0 Å². The first-order valence-corrected chi connectivity index (χ1v) is 19.8. The summed E-state index contributed by atoms with van der Waals surface area (Å²) in [7, 11) is 0. The standard InChI is InChI=1S/C5H10.2CH3.HI.Sb/c1-3-5-4-2;;;;/h1-5H2;2*1H3;1H;/q;;;;+1/p-1. The van der Waals surface area contributed by atoms with Gasteiger partial charge in [-0.1, -0.05) is 0 Å². The van der Waals surface area contributed by atoms with Crippen molar-refractivity contribution in [1.82, 2.24) is 0 Å². The molecule has 1 fully saturated rings. The fourth-order valence-corrected chi connectivity index (χ4v) is 13.5. The summed E-state index contributed by atoms with van der Waals surface area (Å²) >= 11 is 1.03. The maximum absolute atomic E-state index is 2.83. The summed E-state index contributed by atoms with van der Waals surface area (Å²) in [5.74, 6) is 0. The van der Waals surface area contributed by atoms with Crippen LogP contribution in [0.25, 0.3) is 0 Å². The van der Waals surface area contributed by atoms with E-state index >= 15 is 0 Å². The molecular weight excluding hydrogens is 333 g/mol. The Labute approximate surface area is 68.9 Å². The van der Waals surface area contributed by atoms with E-state index in [4.69, 9.17) is 0 Å². The zero-order valence-electron chi connectivity index (χ0n) is 6.36. The molecule has 0 aromatic carbocycles. The van der Waals surface area contributed by atoms with Gasteiger partial charge in [0.15, 0.2) is 0 Å². The second-order valence-electron chi connectivity index (χ2n) is 4.02. The topological polar surface area (TPSA) is 0 Å². The molecule has 0 spiro atoms. The Morgan fingerprint density at radius 3 is 1.67 bits per heavy atom. The minimum atomic E-state index is -1.79. The Morgan fingerprint density at radius 2 is 1.44 bits per heavy atom. The summed E-state index contributed by atoms with van der Waals surface area (Å²) in [5.41, 5.74) is 0. The van der Waals surface area contributed by atoms with E-state index in [1.165, 1.54) is 19.3 Å². The summed E-state index contributed by atoms with van der Waals surface area (Å²) in [6, 6.07) is 0. The van der Waals surface area contributed by atoms with Crippen molar-refractivity contribution >= 4 is 31.9 Å². The molecule has 2 heteroatoms. The molecule has 9 heavy (non-hydrogen) atoms. The first-order chi connectivity index (χ1) is 3.97. The van der Waals surface area contributed by atoms with Gasteiger partial charge in [0, 0.05) is 0 Å². The number of rotatable bonds is 0. The Morgan fingerprint density at radius 1 is 1.00 bits per heavy atom. The third-order valence-electron chi connectivity index (χ3n) is 2.20. The molecule has 0 N–H and O–H groups in total. The van der Waals surface area contributed by atoms with Crippen LogP contribution >= 0.6 is 18.5 Å². The zero-order chi connectivity index (χ0) is 6.98. The first kappa shape index (κ1) is 8.64. The van der Waals surface area contributed by atoms with Gasteiger partial charge in [0.2, 0.25) is 0 Å². The summed E-state index contributed by atoms with van der Waals surface area (Å²) in [4.78, 5) is 5.18. The molecule has 1 saturated heterocycles. The number of halogens is 1. The molecule has 1 aliphatic rings. The average molecular weight is 349 g/mol. The van der Waals surface area contributed by atoms with E-state index in [-0.39, 0.29) is 0 Å². The fourth-order valence-electron chi connectivity index (χ4n) is 1.49. The third-order valence-corrected chi connectivity index (χ3v) is 18.3. The zero-order valence-corrected chi connectivity index (χ0v) is 11.1. The summed E-state index contributed by atoms with van der Waals surface area (Å²) < 4.78 is 3.21. The maximum atomic E-state index is 2.83. The van der Waals surface area contributed by atoms with E-state index in [0.717, 1.165) is 0 Å². The van der Waals surface area contributed by atoms with Gasteiger partial charge in [-0.3, -0.25) is 0 Å². The van der Waals surface area contributed by atoms with E-state index in [0.29, 0.717) is 0 Å². The molecule has 0 aromatic rings. The monoisotopic (exact) mass is 348 g/mol. The van der Waals surface area contributed by atoms with Crippen molar-refractivity contribution in [1.29, 1.82) is 0 Å². The molecule has 0 saturated carbocycles. The van der Waals surface area contributed by atoms with Gasteiger partial charge in [0.25, 0.3) is 0 Å². The Kier molecular flexibility index (Phi) is 2.45. The van der Waals surface area contributed by atoms with E-state index in [1.807, 2.05) is 0 Å². The third kappa shape index (κ3) is 2.96. The van der Waals surface area contributed by atoms with E-state index in [1.54, 1.807) is 8.73 Å². The molecule has 56 valence electrons. The second-order valence-corrected chi connectivity index (χ2v) is 43.0. The van der Waals surface area contributed by atoms with E-state index in [9.17, 15) is 0 Å². The van der Waals surface area contributed by atoms with Crippen LogP contribution in [0.4, 0.5) is 0 Å². The average Bonchev–Trinajstić information content (AvgIpc) is 1.62. The summed E-state index contributed by atoms with van der Waals surface area (Å²) in [6.45, 7) is 0. The molecular formula is C7H16ISb. The van der Waals surface area contributed by atoms with Crippen LogP contribution in [0.1, 0.15) is 19.3 Å². The predicted molar refractivity (Wildman–Crippen MR) is 55.0 cm³/mol. The van der Waals surface area contributed by atoms with Crippen LogP contribution in [-0.4, -0.2) is 13.4 Å². The van der Waals surface area contributed by atoms with E-state index < -0.39 is 13.4 Å². The van der Waals surface area contributed by atoms with Gasteiger partial charge in [0.1, 0.15) is 0 Å². The van der Waals surface area contributed by atoms with Gasteiger partial charge in [0.05, 0.1) is 0 Å². The van der Waals surface area contributed by atoms with Crippen LogP contribution in [0.3, 0.4) is 0 Å². The van der Waals surface area contributed by atoms with Crippen LogP contribution in [0.5, 0.6) is 0 Å². The normalized spacial score (nSPS) is 36.6. The minimum absolute atomic E-state index is 1.51. The molecule has 1 heterocycles. The SMILES string of the molecule is [CH3][Sb]1([CH3])([I])[CH2]CCC[CH2]1. The van der Waals surface area contributed by atoms with Crippen LogP contribution < -0.4 is 0 Å². The van der Waals surface area contributed by atoms with Gasteiger partial charge in [-0.05, 0) is 0 Å². The van der Waals surface area contributed by atoms with E-state index in [2.05, 4.69) is 28.2 Å². The van der Waals surface area contributed by atoms with Crippen LogP contribution in [-0.2, 0) is 0 Å². The van der Waals surface area contributed by atoms with Crippen molar-refractivity contribution < 1.29 is 0 Å².